The molecule has 0 fully saturated rings. The molecular weight excluding hydrogens is 320 g/mol. The SMILES string of the molecule is COc1ccccc1-c1nnc2n1N=C(c1ccc(C)cc1)CS2. The smallest absolute Gasteiger partial charge is 0.212 e. The molecule has 0 amide bonds. The van der Waals surface area contributed by atoms with E-state index in [0.29, 0.717) is 5.82 Å². The molecule has 0 aliphatic carbocycles. The summed E-state index contributed by atoms with van der Waals surface area (Å²) < 4.78 is 7.26. The molecule has 0 bridgehead atoms. The van der Waals surface area contributed by atoms with Gasteiger partial charge in [0.25, 0.3) is 0 Å². The maximum atomic E-state index is 5.45. The first kappa shape index (κ1) is 15.0. The second kappa shape index (κ2) is 6.13. The summed E-state index contributed by atoms with van der Waals surface area (Å²) in [6.45, 7) is 2.08. The Morgan fingerprint density at radius 2 is 1.83 bits per heavy atom. The summed E-state index contributed by atoms with van der Waals surface area (Å²) in [4.78, 5) is 0. The van der Waals surface area contributed by atoms with Crippen molar-refractivity contribution in [1.29, 1.82) is 0 Å². The number of methoxy groups -OCH3 is 1. The van der Waals surface area contributed by atoms with Crippen LogP contribution in [0.15, 0.2) is 58.8 Å². The monoisotopic (exact) mass is 336 g/mol. The lowest BCUT2D eigenvalue weighted by Crippen LogP contribution is -2.13. The standard InChI is InChI=1S/C18H16N4OS/c1-12-7-9-13(10-8-12)15-11-24-18-20-19-17(22(18)21-15)14-5-3-4-6-16(14)23-2/h3-10H,11H2,1-2H3. The number of ether oxygens (including phenoxy) is 1. The van der Waals surface area contributed by atoms with E-state index in [4.69, 9.17) is 9.84 Å². The molecule has 2 heterocycles. The summed E-state index contributed by atoms with van der Waals surface area (Å²) >= 11 is 1.64. The second-order valence-corrected chi connectivity index (χ2v) is 6.46. The molecule has 5 nitrogen and oxygen atoms in total. The van der Waals surface area contributed by atoms with E-state index in [0.717, 1.165) is 33.5 Å². The molecule has 1 aliphatic heterocycles. The van der Waals surface area contributed by atoms with Crippen LogP contribution in [0.25, 0.3) is 11.4 Å². The van der Waals surface area contributed by atoms with E-state index in [2.05, 4.69) is 41.4 Å². The number of fused-ring (bicyclic) bond motifs is 1. The lowest BCUT2D eigenvalue weighted by molar-refractivity contribution is 0.416. The van der Waals surface area contributed by atoms with Crippen LogP contribution in [-0.2, 0) is 0 Å². The van der Waals surface area contributed by atoms with Crippen LogP contribution < -0.4 is 4.74 Å². The van der Waals surface area contributed by atoms with Crippen molar-refractivity contribution in [2.75, 3.05) is 12.9 Å². The zero-order valence-corrected chi connectivity index (χ0v) is 14.2. The van der Waals surface area contributed by atoms with Gasteiger partial charge in [0.2, 0.25) is 5.16 Å². The summed E-state index contributed by atoms with van der Waals surface area (Å²) in [6.07, 6.45) is 0. The average Bonchev–Trinajstić information content (AvgIpc) is 3.05. The molecule has 0 radical (unpaired) electrons. The Bertz CT molecular complexity index is 915. The van der Waals surface area contributed by atoms with Gasteiger partial charge in [0.1, 0.15) is 5.75 Å². The van der Waals surface area contributed by atoms with Gasteiger partial charge in [-0.2, -0.15) is 9.78 Å². The number of hydrogen-bond acceptors (Lipinski definition) is 5. The topological polar surface area (TPSA) is 52.3 Å². The second-order valence-electron chi connectivity index (χ2n) is 5.52. The van der Waals surface area contributed by atoms with Gasteiger partial charge >= 0.3 is 0 Å². The largest absolute Gasteiger partial charge is 0.496 e. The summed E-state index contributed by atoms with van der Waals surface area (Å²) in [5.74, 6) is 2.24. The highest BCUT2D eigenvalue weighted by Gasteiger charge is 2.22. The van der Waals surface area contributed by atoms with Gasteiger partial charge in [-0.3, -0.25) is 0 Å². The lowest BCUT2D eigenvalue weighted by atomic mass is 10.1. The third-order valence-corrected chi connectivity index (χ3v) is 4.83. The van der Waals surface area contributed by atoms with Crippen molar-refractivity contribution in [2.45, 2.75) is 12.1 Å². The van der Waals surface area contributed by atoms with E-state index in [1.54, 1.807) is 23.5 Å². The third-order valence-electron chi connectivity index (χ3n) is 3.90. The molecular formula is C18H16N4OS. The van der Waals surface area contributed by atoms with Crippen LogP contribution in [0.2, 0.25) is 0 Å². The first-order valence-electron chi connectivity index (χ1n) is 7.63. The molecule has 0 atom stereocenters. The van der Waals surface area contributed by atoms with Gasteiger partial charge < -0.3 is 4.74 Å². The van der Waals surface area contributed by atoms with Crippen molar-refractivity contribution in [2.24, 2.45) is 5.10 Å². The zero-order chi connectivity index (χ0) is 16.5. The molecule has 3 aromatic rings. The molecule has 2 aromatic carbocycles. The highest BCUT2D eigenvalue weighted by Crippen LogP contribution is 2.32. The Morgan fingerprint density at radius 3 is 2.62 bits per heavy atom. The Morgan fingerprint density at radius 1 is 1.04 bits per heavy atom. The predicted molar refractivity (Wildman–Crippen MR) is 95.8 cm³/mol. The van der Waals surface area contributed by atoms with E-state index in [9.17, 15) is 0 Å². The number of hydrogen-bond donors (Lipinski definition) is 0. The summed E-state index contributed by atoms with van der Waals surface area (Å²) in [7, 11) is 1.65. The van der Waals surface area contributed by atoms with Gasteiger partial charge in [-0.05, 0) is 24.6 Å². The maximum Gasteiger partial charge on any atom is 0.212 e. The highest BCUT2D eigenvalue weighted by atomic mass is 32.2. The maximum absolute atomic E-state index is 5.45. The van der Waals surface area contributed by atoms with Crippen LogP contribution in [-0.4, -0.2) is 33.4 Å². The molecule has 0 saturated carbocycles. The van der Waals surface area contributed by atoms with Crippen LogP contribution in [0.1, 0.15) is 11.1 Å². The number of benzene rings is 2. The van der Waals surface area contributed by atoms with E-state index in [-0.39, 0.29) is 0 Å². The average molecular weight is 336 g/mol. The van der Waals surface area contributed by atoms with Crippen molar-refractivity contribution >= 4 is 17.5 Å². The van der Waals surface area contributed by atoms with Crippen molar-refractivity contribution in [3.05, 3.63) is 59.7 Å². The van der Waals surface area contributed by atoms with Crippen LogP contribution in [0.3, 0.4) is 0 Å². The van der Waals surface area contributed by atoms with E-state index < -0.39 is 0 Å². The molecule has 0 spiro atoms. The minimum Gasteiger partial charge on any atom is -0.496 e. The fourth-order valence-electron chi connectivity index (χ4n) is 2.61. The van der Waals surface area contributed by atoms with Gasteiger partial charge in [0.15, 0.2) is 5.82 Å². The van der Waals surface area contributed by atoms with Crippen molar-refractivity contribution in [3.63, 3.8) is 0 Å². The lowest BCUT2D eigenvalue weighted by Gasteiger charge is -2.14. The molecule has 24 heavy (non-hydrogen) atoms. The number of rotatable bonds is 3. The van der Waals surface area contributed by atoms with Gasteiger partial charge in [-0.15, -0.1) is 10.2 Å². The number of aromatic nitrogens is 3. The number of nitrogens with zero attached hydrogens (tertiary/aromatic N) is 4. The molecule has 0 N–H and O–H groups in total. The Labute approximate surface area is 144 Å². The van der Waals surface area contributed by atoms with Crippen LogP contribution in [0, 0.1) is 6.92 Å². The van der Waals surface area contributed by atoms with Crippen molar-refractivity contribution in [1.82, 2.24) is 14.9 Å². The normalized spacial score (nSPS) is 13.3. The molecule has 1 aliphatic rings. The van der Waals surface area contributed by atoms with E-state index >= 15 is 0 Å². The van der Waals surface area contributed by atoms with Crippen LogP contribution in [0.5, 0.6) is 5.75 Å². The summed E-state index contributed by atoms with van der Waals surface area (Å²) in [5.41, 5.74) is 4.26. The molecule has 120 valence electrons. The van der Waals surface area contributed by atoms with E-state index in [1.165, 1.54) is 5.56 Å². The molecule has 6 heteroatoms. The minimum absolute atomic E-state index is 0.694. The summed E-state index contributed by atoms with van der Waals surface area (Å²) in [6, 6.07) is 16.2. The predicted octanol–water partition coefficient (Wildman–Crippen LogP) is 3.62. The Kier molecular flexibility index (Phi) is 3.82. The molecule has 4 rings (SSSR count). The van der Waals surface area contributed by atoms with Crippen molar-refractivity contribution < 1.29 is 4.74 Å². The van der Waals surface area contributed by atoms with Gasteiger partial charge in [-0.1, -0.05) is 53.7 Å². The Balaban J connectivity index is 1.81. The fraction of sp³-hybridized carbons (Fsp3) is 0.167. The quantitative estimate of drug-likeness (QED) is 0.733. The van der Waals surface area contributed by atoms with Gasteiger partial charge in [0.05, 0.1) is 18.4 Å². The minimum atomic E-state index is 0.694. The zero-order valence-electron chi connectivity index (χ0n) is 13.4. The summed E-state index contributed by atoms with van der Waals surface area (Å²) in [5, 5.41) is 14.2. The van der Waals surface area contributed by atoms with Gasteiger partial charge in [0, 0.05) is 5.75 Å². The van der Waals surface area contributed by atoms with Crippen LogP contribution in [0.4, 0.5) is 0 Å². The molecule has 1 aromatic heterocycles. The fourth-order valence-corrected chi connectivity index (χ4v) is 3.45. The molecule has 0 unspecified atom stereocenters. The number of aryl methyl sites for hydroxylation is 1. The first-order chi connectivity index (χ1) is 11.8. The number of thioether (sulfide) groups is 1. The van der Waals surface area contributed by atoms with Crippen LogP contribution >= 0.6 is 11.8 Å². The third kappa shape index (κ3) is 2.59. The van der Waals surface area contributed by atoms with Crippen molar-refractivity contribution in [3.8, 4) is 17.1 Å². The van der Waals surface area contributed by atoms with E-state index in [1.807, 2.05) is 24.3 Å². The highest BCUT2D eigenvalue weighted by molar-refractivity contribution is 7.99. The molecule has 0 saturated heterocycles. The van der Waals surface area contributed by atoms with Gasteiger partial charge in [-0.25, -0.2) is 0 Å². The first-order valence-corrected chi connectivity index (χ1v) is 8.61. The Hall–Kier alpha value is -2.60. The number of para-hydroxylation sites is 1.